The Labute approximate surface area is 457 Å². The van der Waals surface area contributed by atoms with Gasteiger partial charge in [-0.15, -0.1) is 10.2 Å². The van der Waals surface area contributed by atoms with Gasteiger partial charge in [-0.05, 0) is 108 Å². The molecule has 2 aliphatic rings. The molecule has 2 fully saturated rings. The third-order valence-corrected chi connectivity index (χ3v) is 12.0. The molecular formula is C52H51Cl4N11O9. The van der Waals surface area contributed by atoms with Crippen LogP contribution in [0.3, 0.4) is 0 Å². The number of piperazine rings is 2. The number of nitrogens with one attached hydrogen (secondary N) is 3. The molecule has 2 aromatic heterocycles. The number of nitrogens with zero attached hydrogens (tertiary/aromatic N) is 8. The summed E-state index contributed by atoms with van der Waals surface area (Å²) in [6.07, 6.45) is 2.06. The summed E-state index contributed by atoms with van der Waals surface area (Å²) in [6, 6.07) is 33.8. The number of ether oxygens (including phenoxy) is 3. The molecule has 0 aliphatic carbocycles. The van der Waals surface area contributed by atoms with Crippen molar-refractivity contribution in [3.05, 3.63) is 175 Å². The van der Waals surface area contributed by atoms with Crippen molar-refractivity contribution in [1.82, 2.24) is 39.6 Å². The maximum absolute atomic E-state index is 12.7. The zero-order chi connectivity index (χ0) is 54.1. The number of carbonyl (C=O) groups is 4. The van der Waals surface area contributed by atoms with Gasteiger partial charge in [0.2, 0.25) is 11.8 Å². The summed E-state index contributed by atoms with van der Waals surface area (Å²) in [4.78, 5) is 62.8. The number of aromatic nitrogens is 4. The maximum Gasteiger partial charge on any atom is 0.440 e. The SMILES string of the molecule is CC(=O)Nc1ccn(C(=O)N2CCN(Cc3cc(Cl)cc(Oc4ccc(Cl)cc4)c3)CC2)n1.CC(=O)Nc1ccn(C(=O)Oc2ccc([N+](=O)[O-])cc2)n1.Clc1ccc(Oc2cc(Cl)cc(CN3CCNCC3)c2)cc1. The van der Waals surface area contributed by atoms with E-state index in [0.717, 1.165) is 54.5 Å². The van der Waals surface area contributed by atoms with E-state index in [1.54, 1.807) is 47.5 Å². The highest BCUT2D eigenvalue weighted by atomic mass is 35.5. The van der Waals surface area contributed by atoms with Crippen molar-refractivity contribution >= 4 is 87.7 Å². The Balaban J connectivity index is 0.000000172. The lowest BCUT2D eigenvalue weighted by Gasteiger charge is -2.34. The van der Waals surface area contributed by atoms with Crippen molar-refractivity contribution < 1.29 is 38.3 Å². The van der Waals surface area contributed by atoms with Gasteiger partial charge < -0.3 is 35.1 Å². The molecule has 2 saturated heterocycles. The second-order valence-corrected chi connectivity index (χ2v) is 18.8. The monoisotopic (exact) mass is 1110 g/mol. The summed E-state index contributed by atoms with van der Waals surface area (Å²) in [5.41, 5.74) is 2.08. The van der Waals surface area contributed by atoms with Crippen LogP contribution in [0.5, 0.6) is 28.7 Å². The van der Waals surface area contributed by atoms with E-state index < -0.39 is 11.0 Å². The summed E-state index contributed by atoms with van der Waals surface area (Å²) in [6.45, 7) is 11.0. The smallest absolute Gasteiger partial charge is 0.440 e. The van der Waals surface area contributed by atoms with Crippen LogP contribution in [0.25, 0.3) is 0 Å². The molecule has 4 heterocycles. The molecule has 24 heteroatoms. The molecule has 396 valence electrons. The second-order valence-electron chi connectivity index (χ2n) is 17.0. The predicted octanol–water partition coefficient (Wildman–Crippen LogP) is 10.7. The first-order chi connectivity index (χ1) is 36.5. The first kappa shape index (κ1) is 56.2. The first-order valence-corrected chi connectivity index (χ1v) is 25.0. The van der Waals surface area contributed by atoms with Crippen LogP contribution < -0.4 is 30.2 Å². The molecule has 0 radical (unpaired) electrons. The molecule has 0 spiro atoms. The van der Waals surface area contributed by atoms with Crippen LogP contribution >= 0.6 is 46.4 Å². The minimum Gasteiger partial charge on any atom is -0.457 e. The summed E-state index contributed by atoms with van der Waals surface area (Å²) in [5, 5.41) is 29.4. The zero-order valence-corrected chi connectivity index (χ0v) is 44.1. The Bertz CT molecular complexity index is 3110. The number of nitro benzene ring substituents is 1. The highest BCUT2D eigenvalue weighted by Gasteiger charge is 2.24. The van der Waals surface area contributed by atoms with E-state index in [4.69, 9.17) is 60.6 Å². The molecule has 0 atom stereocenters. The molecule has 76 heavy (non-hydrogen) atoms. The number of benzene rings is 5. The topological polar surface area (TPSA) is 221 Å². The predicted molar refractivity (Wildman–Crippen MR) is 289 cm³/mol. The van der Waals surface area contributed by atoms with Crippen LogP contribution in [-0.2, 0) is 22.7 Å². The Morgan fingerprint density at radius 1 is 0.566 bits per heavy atom. The third-order valence-electron chi connectivity index (χ3n) is 11.0. The number of rotatable bonds is 12. The number of carbonyl (C=O) groups excluding carboxylic acids is 4. The van der Waals surface area contributed by atoms with Crippen molar-refractivity contribution in [2.75, 3.05) is 63.0 Å². The van der Waals surface area contributed by atoms with Crippen LogP contribution in [0.1, 0.15) is 25.0 Å². The average Bonchev–Trinajstić information content (AvgIpc) is 4.06. The lowest BCUT2D eigenvalue weighted by molar-refractivity contribution is -0.384. The number of hydrogen-bond acceptors (Lipinski definition) is 14. The van der Waals surface area contributed by atoms with Crippen molar-refractivity contribution in [3.8, 4) is 28.7 Å². The number of halogens is 4. The Morgan fingerprint density at radius 2 is 1.01 bits per heavy atom. The van der Waals surface area contributed by atoms with Crippen LogP contribution in [0.4, 0.5) is 26.9 Å². The van der Waals surface area contributed by atoms with Gasteiger partial charge in [0.1, 0.15) is 28.7 Å². The Hall–Kier alpha value is -7.56. The number of nitro groups is 1. The fourth-order valence-electron chi connectivity index (χ4n) is 7.58. The summed E-state index contributed by atoms with van der Waals surface area (Å²) in [7, 11) is 0. The van der Waals surface area contributed by atoms with Crippen molar-refractivity contribution in [3.63, 3.8) is 0 Å². The fourth-order valence-corrected chi connectivity index (χ4v) is 8.33. The Morgan fingerprint density at radius 3 is 1.49 bits per heavy atom. The fraction of sp³-hybridized carbons (Fsp3) is 0.231. The normalized spacial score (nSPS) is 13.5. The van der Waals surface area contributed by atoms with Crippen molar-refractivity contribution in [2.45, 2.75) is 26.9 Å². The molecule has 0 bridgehead atoms. The number of non-ortho nitro benzene ring substituents is 1. The van der Waals surface area contributed by atoms with Gasteiger partial charge in [-0.3, -0.25) is 29.5 Å². The van der Waals surface area contributed by atoms with Gasteiger partial charge in [0.25, 0.3) is 5.69 Å². The number of hydrogen-bond donors (Lipinski definition) is 3. The average molecular weight is 1120 g/mol. The molecule has 2 aliphatic heterocycles. The van der Waals surface area contributed by atoms with Gasteiger partial charge in [-0.2, -0.15) is 9.36 Å². The molecule has 5 aromatic carbocycles. The quantitative estimate of drug-likeness (QED) is 0.0766. The van der Waals surface area contributed by atoms with E-state index in [-0.39, 0.29) is 35.1 Å². The highest BCUT2D eigenvalue weighted by Crippen LogP contribution is 2.30. The maximum atomic E-state index is 12.7. The van der Waals surface area contributed by atoms with Gasteiger partial charge >= 0.3 is 12.1 Å². The van der Waals surface area contributed by atoms with Crippen LogP contribution in [0.15, 0.2) is 134 Å². The van der Waals surface area contributed by atoms with E-state index in [1.165, 1.54) is 60.6 Å². The lowest BCUT2D eigenvalue weighted by atomic mass is 10.2. The molecular weight excluding hydrogens is 1060 g/mol. The third kappa shape index (κ3) is 17.8. The van der Waals surface area contributed by atoms with E-state index >= 15 is 0 Å². The minimum absolute atomic E-state index is 0.109. The van der Waals surface area contributed by atoms with Gasteiger partial charge in [-0.25, -0.2) is 9.59 Å². The largest absolute Gasteiger partial charge is 0.457 e. The molecule has 0 saturated carbocycles. The van der Waals surface area contributed by atoms with E-state index in [0.29, 0.717) is 70.1 Å². The molecule has 20 nitrogen and oxygen atoms in total. The number of anilines is 2. The van der Waals surface area contributed by atoms with Gasteiger partial charge in [0.05, 0.1) is 4.92 Å². The van der Waals surface area contributed by atoms with E-state index in [1.807, 2.05) is 54.6 Å². The van der Waals surface area contributed by atoms with Crippen molar-refractivity contribution in [1.29, 1.82) is 0 Å². The van der Waals surface area contributed by atoms with E-state index in [2.05, 4.69) is 35.9 Å². The highest BCUT2D eigenvalue weighted by molar-refractivity contribution is 6.31. The summed E-state index contributed by atoms with van der Waals surface area (Å²) in [5.74, 6) is 2.99. The summed E-state index contributed by atoms with van der Waals surface area (Å²) < 4.78 is 18.9. The number of amides is 3. The molecule has 3 amide bonds. The van der Waals surface area contributed by atoms with Gasteiger partial charge in [0.15, 0.2) is 11.6 Å². The zero-order valence-electron chi connectivity index (χ0n) is 41.0. The van der Waals surface area contributed by atoms with Crippen molar-refractivity contribution in [2.24, 2.45) is 0 Å². The standard InChI is InChI=1S/C23H23Cl2N5O3.C17H18Cl2N2O.C12H10N4O5/c1-16(31)26-22-6-7-30(27-22)23(32)29-10-8-28(9-11-29)15-17-12-19(25)14-21(13-17)33-20-4-2-18(24)3-5-20;18-14-1-3-16(4-2-14)22-17-10-13(9-15(19)11-17)12-21-7-5-20-6-8-21;1-8(17)13-11-6-7-15(14-11)12(18)21-10-4-2-9(3-5-10)16(19)20/h2-7,12-14H,8-11,15H2,1H3,(H,26,27,31);1-4,9-11,20H,5-8,12H2;2-7H,1H3,(H,13,14,17). The molecule has 7 aromatic rings. The van der Waals surface area contributed by atoms with Gasteiger partial charge in [-0.1, -0.05) is 46.4 Å². The molecule has 0 unspecified atom stereocenters. The van der Waals surface area contributed by atoms with Crippen LogP contribution in [0.2, 0.25) is 20.1 Å². The van der Waals surface area contributed by atoms with E-state index in [9.17, 15) is 29.3 Å². The summed E-state index contributed by atoms with van der Waals surface area (Å²) >= 11 is 24.4. The van der Waals surface area contributed by atoms with Crippen LogP contribution in [-0.4, -0.2) is 115 Å². The minimum atomic E-state index is -0.805. The van der Waals surface area contributed by atoms with Crippen LogP contribution in [0, 0.1) is 10.1 Å². The Kier molecular flexibility index (Phi) is 20.2. The lowest BCUT2D eigenvalue weighted by Crippen LogP contribution is -2.49. The molecule has 9 rings (SSSR count). The first-order valence-electron chi connectivity index (χ1n) is 23.5. The molecule has 3 N–H and O–H groups in total. The second kappa shape index (κ2) is 27.3. The van der Waals surface area contributed by atoms with Gasteiger partial charge in [0, 0.05) is 136 Å².